The van der Waals surface area contributed by atoms with Gasteiger partial charge in [0.25, 0.3) is 0 Å². The van der Waals surface area contributed by atoms with Crippen molar-refractivity contribution in [1.29, 1.82) is 0 Å². The van der Waals surface area contributed by atoms with Crippen LogP contribution in [0.2, 0.25) is 0 Å². The maximum atomic E-state index is 13.1. The monoisotopic (exact) mass is 1520 g/mol. The van der Waals surface area contributed by atoms with E-state index in [9.17, 15) is 43.2 Å². The number of aliphatic hydroxyl groups is 1. The van der Waals surface area contributed by atoms with E-state index in [0.29, 0.717) is 25.7 Å². The van der Waals surface area contributed by atoms with E-state index < -0.39 is 97.5 Å². The number of hydrogen-bond donors (Lipinski definition) is 3. The summed E-state index contributed by atoms with van der Waals surface area (Å²) in [6.07, 6.45) is 94.4. The molecule has 0 aliphatic carbocycles. The molecule has 0 rings (SSSR count). The Bertz CT molecular complexity index is 2780. The van der Waals surface area contributed by atoms with Gasteiger partial charge < -0.3 is 33.8 Å². The molecule has 0 aromatic carbocycles. The molecule has 3 N–H and O–H groups in total. The molecule has 0 aliphatic heterocycles. The standard InChI is InChI=1S/C87H138O17P2/c1-5-9-13-17-21-25-29-33-37-40-44-47-51-55-59-63-67-71-84(89)97-77-82(103-86(91)73-69-65-61-57-53-49-43-36-32-28-24-20-16-12-8-4)79-101-105(93,94)99-75-81(88)76-100-106(95,96)102-80-83(104-87(92)74-70-66-62-58-54-50-46-42-39-35-31-27-23-19-15-11-7-3)78-98-85(90)72-68-64-60-56-52-48-45-41-38-34-30-26-22-18-14-10-6-2/h9-16,21-28,33-39,43,45-46,48,50,53,57,65,69,81-83,88H,5-8,17-20,29-32,40-42,44,47,49,51-52,54-56,58-64,66-68,70-80H2,1-4H3,(H,93,94)(H,95,96)/b13-9-,14-10-,15-11-,16-12-,25-21-,26-22-,27-23-,28-24-,37-33-,38-34-,39-35-,43-36-,48-45-,50-46-,57-53-,69-65-. The molecular formula is C87H138O17P2. The van der Waals surface area contributed by atoms with E-state index in [-0.39, 0.29) is 25.7 Å². The quantitative estimate of drug-likeness (QED) is 0.0169. The lowest BCUT2D eigenvalue weighted by atomic mass is 10.1. The Morgan fingerprint density at radius 3 is 0.792 bits per heavy atom. The third kappa shape index (κ3) is 76.1. The van der Waals surface area contributed by atoms with Crippen molar-refractivity contribution in [3.05, 3.63) is 194 Å². The van der Waals surface area contributed by atoms with Crippen LogP contribution >= 0.6 is 15.6 Å². The Kier molecular flexibility index (Phi) is 72.6. The van der Waals surface area contributed by atoms with Gasteiger partial charge in [-0.25, -0.2) is 9.13 Å². The van der Waals surface area contributed by atoms with Gasteiger partial charge in [-0.3, -0.25) is 37.3 Å². The molecule has 0 bridgehead atoms. The van der Waals surface area contributed by atoms with Crippen LogP contribution < -0.4 is 0 Å². The first-order chi connectivity index (χ1) is 51.7. The highest BCUT2D eigenvalue weighted by Gasteiger charge is 2.30. The van der Waals surface area contributed by atoms with Crippen LogP contribution in [0.3, 0.4) is 0 Å². The fraction of sp³-hybridized carbons (Fsp3) is 0.586. The van der Waals surface area contributed by atoms with Crippen LogP contribution in [0.1, 0.15) is 272 Å². The fourth-order valence-corrected chi connectivity index (χ4v) is 11.3. The number of rotatable bonds is 72. The number of phosphoric acid groups is 2. The predicted octanol–water partition coefficient (Wildman–Crippen LogP) is 23.3. The normalized spacial score (nSPS) is 14.9. The molecule has 19 heteroatoms. The third-order valence-electron chi connectivity index (χ3n) is 15.6. The van der Waals surface area contributed by atoms with Crippen molar-refractivity contribution in [1.82, 2.24) is 0 Å². The zero-order valence-corrected chi connectivity index (χ0v) is 67.1. The van der Waals surface area contributed by atoms with Crippen LogP contribution in [0.5, 0.6) is 0 Å². The molecule has 0 aromatic heterocycles. The summed E-state index contributed by atoms with van der Waals surface area (Å²) in [6, 6.07) is 0. The SMILES string of the molecule is CC/C=C\C/C=C\C/C=C\C/C=C\C/C=C\CC(=O)OC(COC(=O)CCCCCCCCC/C=C\C/C=C\C/C=C\CC)COP(=O)(O)OCC(O)COP(=O)(O)OCC(COC(=O)CCCCCC/C=C\C/C=C\C/C=C\C/C=C\CC)OC(=O)CCCCCC/C=C\C/C=C\C/C=C\C/C=C\CC. The molecule has 5 atom stereocenters. The number of hydrogen-bond acceptors (Lipinski definition) is 15. The minimum atomic E-state index is -5.02. The molecule has 106 heavy (non-hydrogen) atoms. The maximum Gasteiger partial charge on any atom is 0.472 e. The van der Waals surface area contributed by atoms with Crippen LogP contribution in [0.25, 0.3) is 0 Å². The van der Waals surface area contributed by atoms with E-state index >= 15 is 0 Å². The summed E-state index contributed by atoms with van der Waals surface area (Å²) in [5.41, 5.74) is 0. The van der Waals surface area contributed by atoms with Crippen molar-refractivity contribution in [3.8, 4) is 0 Å². The highest BCUT2D eigenvalue weighted by atomic mass is 31.2. The number of carbonyl (C=O) groups excluding carboxylic acids is 4. The van der Waals surface area contributed by atoms with Gasteiger partial charge in [0, 0.05) is 19.3 Å². The van der Waals surface area contributed by atoms with Crippen molar-refractivity contribution >= 4 is 39.5 Å². The largest absolute Gasteiger partial charge is 0.472 e. The highest BCUT2D eigenvalue weighted by molar-refractivity contribution is 7.47. The van der Waals surface area contributed by atoms with Gasteiger partial charge in [0.1, 0.15) is 19.3 Å². The molecule has 0 saturated heterocycles. The van der Waals surface area contributed by atoms with Crippen LogP contribution in [0.4, 0.5) is 0 Å². The first kappa shape index (κ1) is 99.9. The molecule has 0 fully saturated rings. The van der Waals surface area contributed by atoms with Crippen molar-refractivity contribution < 1.29 is 80.2 Å². The van der Waals surface area contributed by atoms with Gasteiger partial charge in [-0.15, -0.1) is 0 Å². The van der Waals surface area contributed by atoms with Crippen molar-refractivity contribution in [2.45, 2.75) is 290 Å². The number of phosphoric ester groups is 2. The summed E-state index contributed by atoms with van der Waals surface area (Å²) < 4.78 is 68.4. The predicted molar refractivity (Wildman–Crippen MR) is 436 cm³/mol. The highest BCUT2D eigenvalue weighted by Crippen LogP contribution is 2.45. The number of aliphatic hydroxyl groups excluding tert-OH is 1. The number of ether oxygens (including phenoxy) is 4. The molecule has 0 amide bonds. The van der Waals surface area contributed by atoms with Crippen molar-refractivity contribution in [2.24, 2.45) is 0 Å². The minimum absolute atomic E-state index is 0.0506. The smallest absolute Gasteiger partial charge is 0.462 e. The average molecular weight is 1520 g/mol. The van der Waals surface area contributed by atoms with Crippen LogP contribution in [-0.4, -0.2) is 96.7 Å². The van der Waals surface area contributed by atoms with Gasteiger partial charge in [-0.1, -0.05) is 280 Å². The summed E-state index contributed by atoms with van der Waals surface area (Å²) in [5.74, 6) is -2.41. The molecule has 17 nitrogen and oxygen atoms in total. The zero-order valence-electron chi connectivity index (χ0n) is 65.3. The van der Waals surface area contributed by atoms with E-state index in [1.807, 2.05) is 12.2 Å². The molecule has 0 saturated carbocycles. The number of unbranched alkanes of at least 4 members (excludes halogenated alkanes) is 15. The zero-order chi connectivity index (χ0) is 77.4. The van der Waals surface area contributed by atoms with Gasteiger partial charge in [-0.2, -0.15) is 0 Å². The lowest BCUT2D eigenvalue weighted by molar-refractivity contribution is -0.161. The molecule has 598 valence electrons. The molecular weight excluding hydrogens is 1380 g/mol. The van der Waals surface area contributed by atoms with Gasteiger partial charge in [0.15, 0.2) is 12.2 Å². The Labute approximate surface area is 640 Å². The average Bonchev–Trinajstić information content (AvgIpc) is 0.909. The Morgan fingerprint density at radius 2 is 0.500 bits per heavy atom. The van der Waals surface area contributed by atoms with Crippen LogP contribution in [0.15, 0.2) is 194 Å². The third-order valence-corrected chi connectivity index (χ3v) is 17.5. The second-order valence-electron chi connectivity index (χ2n) is 25.5. The van der Waals surface area contributed by atoms with Crippen molar-refractivity contribution in [3.63, 3.8) is 0 Å². The summed E-state index contributed by atoms with van der Waals surface area (Å²) in [5, 5.41) is 10.6. The Balaban J connectivity index is 5.51. The maximum absolute atomic E-state index is 13.1. The van der Waals surface area contributed by atoms with E-state index in [0.717, 1.165) is 193 Å². The Morgan fingerprint density at radius 1 is 0.274 bits per heavy atom. The Hall–Kier alpha value is -6.10. The van der Waals surface area contributed by atoms with Gasteiger partial charge in [-0.05, 0) is 161 Å². The lowest BCUT2D eigenvalue weighted by Crippen LogP contribution is -2.30. The molecule has 0 heterocycles. The molecule has 0 radical (unpaired) electrons. The van der Waals surface area contributed by atoms with Gasteiger partial charge in [0.2, 0.25) is 0 Å². The number of esters is 4. The molecule has 0 aromatic rings. The van der Waals surface area contributed by atoms with E-state index in [1.54, 1.807) is 12.2 Å². The van der Waals surface area contributed by atoms with E-state index in [1.165, 1.54) is 0 Å². The molecule has 0 aliphatic rings. The van der Waals surface area contributed by atoms with Gasteiger partial charge in [0.05, 0.1) is 32.8 Å². The second-order valence-corrected chi connectivity index (χ2v) is 28.4. The first-order valence-electron chi connectivity index (χ1n) is 39.7. The summed E-state index contributed by atoms with van der Waals surface area (Å²) >= 11 is 0. The lowest BCUT2D eigenvalue weighted by Gasteiger charge is -2.21. The van der Waals surface area contributed by atoms with Crippen LogP contribution in [-0.2, 0) is 65.4 Å². The van der Waals surface area contributed by atoms with E-state index in [2.05, 4.69) is 198 Å². The summed E-state index contributed by atoms with van der Waals surface area (Å²) in [4.78, 5) is 73.0. The van der Waals surface area contributed by atoms with E-state index in [4.69, 9.17) is 37.0 Å². The number of allylic oxidation sites excluding steroid dienone is 31. The minimum Gasteiger partial charge on any atom is -0.462 e. The molecule has 0 spiro atoms. The van der Waals surface area contributed by atoms with Crippen molar-refractivity contribution in [2.75, 3.05) is 39.6 Å². The first-order valence-corrected chi connectivity index (χ1v) is 42.7. The summed E-state index contributed by atoms with van der Waals surface area (Å²) in [7, 11) is -10.0. The summed E-state index contributed by atoms with van der Waals surface area (Å²) in [6.45, 7) is 4.21. The van der Waals surface area contributed by atoms with Crippen LogP contribution in [0, 0.1) is 0 Å². The second kappa shape index (κ2) is 77.1. The fourth-order valence-electron chi connectivity index (χ4n) is 9.70. The topological polar surface area (TPSA) is 237 Å². The molecule has 5 unspecified atom stereocenters. The number of carbonyl (C=O) groups is 4. The van der Waals surface area contributed by atoms with Gasteiger partial charge >= 0.3 is 39.5 Å².